The smallest absolute Gasteiger partial charge is 0.324 e. The number of aldehydes is 3. The molecule has 9 N–H and O–H groups in total. The first-order valence-electron chi connectivity index (χ1n) is 3.94. The van der Waals surface area contributed by atoms with Crippen LogP contribution in [0.1, 0.15) is 0 Å². The van der Waals surface area contributed by atoms with Crippen molar-refractivity contribution in [1.82, 2.24) is 0 Å². The van der Waals surface area contributed by atoms with Gasteiger partial charge < -0.3 is 46.3 Å². The Labute approximate surface area is 98.0 Å². The molecule has 0 aromatic heterocycles. The first kappa shape index (κ1) is 25.0. The summed E-state index contributed by atoms with van der Waals surface area (Å²) in [5.74, 6) is 0. The molecule has 0 unspecified atom stereocenters. The zero-order chi connectivity index (χ0) is 14.7. The normalized spacial score (nSPS) is 7.88. The number of carbonyl (C=O) groups excluding carboxylic acids is 3. The fourth-order valence-electron chi connectivity index (χ4n) is 0. The fourth-order valence-corrected chi connectivity index (χ4v) is 0. The van der Waals surface area contributed by atoms with E-state index >= 15 is 0 Å². The molecule has 0 rings (SSSR count). The summed E-state index contributed by atoms with van der Waals surface area (Å²) in [7, 11) is -4.64. The van der Waals surface area contributed by atoms with Gasteiger partial charge in [-0.05, 0) is 0 Å². The molecular weight excluding hydrogens is 257 g/mol. The Morgan fingerprint density at radius 1 is 0.765 bits per heavy atom. The third-order valence-electron chi connectivity index (χ3n) is 0.289. The molecule has 0 saturated carbocycles. The predicted molar refractivity (Wildman–Crippen MR) is 59.6 cm³/mol. The van der Waals surface area contributed by atoms with Crippen LogP contribution < -0.4 is 17.2 Å². The van der Waals surface area contributed by atoms with Crippen molar-refractivity contribution in [2.75, 3.05) is 19.6 Å². The Morgan fingerprint density at radius 2 is 0.824 bits per heavy atom. The van der Waals surface area contributed by atoms with E-state index in [-0.39, 0.29) is 19.6 Å². The van der Waals surface area contributed by atoms with Gasteiger partial charge in [0.25, 0.3) is 0 Å². The summed E-state index contributed by atoms with van der Waals surface area (Å²) in [6.45, 7) is 0.417. The highest BCUT2D eigenvalue weighted by Gasteiger charge is 2.00. The van der Waals surface area contributed by atoms with Crippen molar-refractivity contribution >= 4 is 26.7 Å². The lowest BCUT2D eigenvalue weighted by molar-refractivity contribution is -0.107. The quantitative estimate of drug-likeness (QED) is 0.221. The molecule has 0 spiro atoms. The topological polar surface area (TPSA) is 207 Å². The van der Waals surface area contributed by atoms with Gasteiger partial charge >= 0.3 is 7.82 Å². The number of nitrogens with two attached hydrogens (primary N) is 3. The Morgan fingerprint density at radius 3 is 0.824 bits per heavy atom. The molecule has 17 heavy (non-hydrogen) atoms. The minimum absolute atomic E-state index is 0.139. The lowest BCUT2D eigenvalue weighted by Crippen LogP contribution is -1.97. The highest BCUT2D eigenvalue weighted by Crippen LogP contribution is 2.25. The molecule has 11 heteroatoms. The zero-order valence-electron chi connectivity index (χ0n) is 9.01. The molecule has 0 atom stereocenters. The van der Waals surface area contributed by atoms with Gasteiger partial charge in [0.2, 0.25) is 0 Å². The highest BCUT2D eigenvalue weighted by molar-refractivity contribution is 7.45. The molecule has 0 aromatic carbocycles. The number of phosphoric acid groups is 1. The molecule has 0 radical (unpaired) electrons. The van der Waals surface area contributed by atoms with Crippen LogP contribution in [0, 0.1) is 0 Å². The van der Waals surface area contributed by atoms with Gasteiger partial charge in [-0.15, -0.1) is 0 Å². The molecule has 0 heterocycles. The van der Waals surface area contributed by atoms with Gasteiger partial charge in [0, 0.05) is 19.6 Å². The Balaban J connectivity index is -0.0000000667. The average Bonchev–Trinajstić information content (AvgIpc) is 2.27. The number of carbonyl (C=O) groups is 3. The van der Waals surface area contributed by atoms with Gasteiger partial charge in [0.05, 0.1) is 0 Å². The van der Waals surface area contributed by atoms with Gasteiger partial charge in [-0.25, -0.2) is 4.57 Å². The third kappa shape index (κ3) is 634. The molecule has 0 aliphatic rings. The van der Waals surface area contributed by atoms with Gasteiger partial charge in [-0.3, -0.25) is 0 Å². The molecule has 0 amide bonds. The van der Waals surface area contributed by atoms with Crippen molar-refractivity contribution in [1.29, 1.82) is 0 Å². The molecule has 0 saturated heterocycles. The van der Waals surface area contributed by atoms with E-state index in [0.29, 0.717) is 18.9 Å². The lowest BCUT2D eigenvalue weighted by atomic mass is 10.8. The maximum absolute atomic E-state index is 9.05. The molecular formula is C6H18N3O7P. The lowest BCUT2D eigenvalue weighted by Gasteiger charge is -1.82. The second-order valence-electron chi connectivity index (χ2n) is 1.72. The van der Waals surface area contributed by atoms with Crippen molar-refractivity contribution in [3.8, 4) is 0 Å². The van der Waals surface area contributed by atoms with Crippen LogP contribution in [-0.2, 0) is 18.9 Å². The largest absolute Gasteiger partial charge is 0.466 e. The monoisotopic (exact) mass is 275 g/mol. The molecule has 0 aliphatic carbocycles. The highest BCUT2D eigenvalue weighted by atomic mass is 31.2. The molecule has 0 aromatic rings. The van der Waals surface area contributed by atoms with Crippen LogP contribution in [0.2, 0.25) is 0 Å². The van der Waals surface area contributed by atoms with Crippen molar-refractivity contribution in [3.05, 3.63) is 0 Å². The van der Waals surface area contributed by atoms with Crippen molar-refractivity contribution in [2.24, 2.45) is 17.2 Å². The summed E-state index contributed by atoms with van der Waals surface area (Å²) in [4.78, 5) is 48.7. The third-order valence-corrected chi connectivity index (χ3v) is 0.289. The van der Waals surface area contributed by atoms with Crippen molar-refractivity contribution in [2.45, 2.75) is 0 Å². The number of hydrogen-bond acceptors (Lipinski definition) is 7. The molecule has 10 nitrogen and oxygen atoms in total. The van der Waals surface area contributed by atoms with Gasteiger partial charge in [-0.2, -0.15) is 0 Å². The second-order valence-corrected chi connectivity index (χ2v) is 2.75. The Bertz CT molecular complexity index is 181. The zero-order valence-corrected chi connectivity index (χ0v) is 9.90. The van der Waals surface area contributed by atoms with Gasteiger partial charge in [0.15, 0.2) is 0 Å². The van der Waals surface area contributed by atoms with E-state index in [2.05, 4.69) is 17.2 Å². The summed E-state index contributed by atoms with van der Waals surface area (Å²) in [5.41, 5.74) is 14.0. The van der Waals surface area contributed by atoms with Crippen LogP contribution in [0.4, 0.5) is 0 Å². The Hall–Kier alpha value is -1.00. The molecule has 0 aliphatic heterocycles. The second kappa shape index (κ2) is 24.3. The first-order valence-corrected chi connectivity index (χ1v) is 5.50. The van der Waals surface area contributed by atoms with Gasteiger partial charge in [0.1, 0.15) is 18.9 Å². The summed E-state index contributed by atoms with van der Waals surface area (Å²) < 4.78 is 8.88. The van der Waals surface area contributed by atoms with E-state index in [1.807, 2.05) is 0 Å². The maximum Gasteiger partial charge on any atom is 0.466 e. The summed E-state index contributed by atoms with van der Waals surface area (Å²) in [5, 5.41) is 0. The van der Waals surface area contributed by atoms with E-state index in [1.54, 1.807) is 0 Å². The standard InChI is InChI=1S/3C2H5NO.H3O4P/c3*3-1-2-4;1-5(2,3)4/h3*2H,1,3H2;(H3,1,2,3,4). The van der Waals surface area contributed by atoms with Crippen LogP contribution in [0.15, 0.2) is 0 Å². The minimum Gasteiger partial charge on any atom is -0.324 e. The van der Waals surface area contributed by atoms with Crippen LogP contribution in [0.5, 0.6) is 0 Å². The van der Waals surface area contributed by atoms with Crippen molar-refractivity contribution in [3.63, 3.8) is 0 Å². The number of hydrogen-bond donors (Lipinski definition) is 6. The summed E-state index contributed by atoms with van der Waals surface area (Å²) in [6, 6.07) is 0. The van der Waals surface area contributed by atoms with E-state index in [0.717, 1.165) is 0 Å². The van der Waals surface area contributed by atoms with E-state index < -0.39 is 7.82 Å². The summed E-state index contributed by atoms with van der Waals surface area (Å²) in [6.07, 6.45) is 1.96. The predicted octanol–water partition coefficient (Wildman–Crippen LogP) is -3.50. The number of rotatable bonds is 3. The van der Waals surface area contributed by atoms with Crippen LogP contribution in [0.25, 0.3) is 0 Å². The van der Waals surface area contributed by atoms with Crippen LogP contribution >= 0.6 is 7.82 Å². The van der Waals surface area contributed by atoms with E-state index in [1.165, 1.54) is 0 Å². The molecule has 0 fully saturated rings. The van der Waals surface area contributed by atoms with Crippen LogP contribution in [-0.4, -0.2) is 53.2 Å². The fraction of sp³-hybridized carbons (Fsp3) is 0.500. The van der Waals surface area contributed by atoms with Gasteiger partial charge in [-0.1, -0.05) is 0 Å². The first-order chi connectivity index (χ1) is 7.74. The SMILES string of the molecule is NCC=O.NCC=O.NCC=O.O=P(O)(O)O. The molecule has 0 bridgehead atoms. The van der Waals surface area contributed by atoms with Crippen LogP contribution in [0.3, 0.4) is 0 Å². The minimum atomic E-state index is -4.64. The van der Waals surface area contributed by atoms with E-state index in [9.17, 15) is 0 Å². The van der Waals surface area contributed by atoms with E-state index in [4.69, 9.17) is 33.6 Å². The van der Waals surface area contributed by atoms with Crippen molar-refractivity contribution < 1.29 is 33.6 Å². The Kier molecular flexibility index (Phi) is 35.7. The maximum atomic E-state index is 9.05. The average molecular weight is 275 g/mol. The molecule has 104 valence electrons. The summed E-state index contributed by atoms with van der Waals surface area (Å²) >= 11 is 0.